The van der Waals surface area contributed by atoms with Crippen molar-refractivity contribution in [2.45, 2.75) is 40.0 Å². The Bertz CT molecular complexity index is 291. The summed E-state index contributed by atoms with van der Waals surface area (Å²) in [6, 6.07) is 0. The van der Waals surface area contributed by atoms with Crippen LogP contribution in [0.4, 0.5) is 0 Å². The molecule has 0 spiro atoms. The van der Waals surface area contributed by atoms with E-state index in [0.29, 0.717) is 8.71 Å². The Hall–Kier alpha value is 0.345. The second-order valence-corrected chi connectivity index (χ2v) is 12.5. The van der Waals surface area contributed by atoms with Crippen molar-refractivity contribution in [3.05, 3.63) is 9.16 Å². The molecular weight excluding hydrogens is 361 g/mol. The molecule has 2 atom stereocenters. The number of rotatable bonds is 2. The summed E-state index contributed by atoms with van der Waals surface area (Å²) >= 11 is -1.30. The fourth-order valence-corrected chi connectivity index (χ4v) is 8.68. The van der Waals surface area contributed by atoms with Gasteiger partial charge in [0.15, 0.2) is 0 Å². The van der Waals surface area contributed by atoms with Gasteiger partial charge in [-0.05, 0) is 0 Å². The van der Waals surface area contributed by atoms with Crippen molar-refractivity contribution < 1.29 is 29.4 Å². The molecule has 2 fully saturated rings. The second kappa shape index (κ2) is 3.73. The molecule has 0 N–H and O–H groups in total. The molecule has 2 heteroatoms. The molecule has 0 unspecified atom stereocenters. The Morgan fingerprint density at radius 3 is 2.71 bits per heavy atom. The van der Waals surface area contributed by atoms with Crippen LogP contribution >= 0.6 is 0 Å². The summed E-state index contributed by atoms with van der Waals surface area (Å²) in [7, 11) is 0. The van der Waals surface area contributed by atoms with Crippen LogP contribution in [0.3, 0.4) is 0 Å². The molecule has 0 aliphatic heterocycles. The third-order valence-corrected chi connectivity index (χ3v) is 8.98. The minimum absolute atomic E-state index is 0.429. The maximum absolute atomic E-state index is 11.1. The molecule has 74 valence electrons. The number of hydrogen-bond donors (Lipinski definition) is 0. The van der Waals surface area contributed by atoms with Crippen LogP contribution in [0, 0.1) is 17.3 Å². The van der Waals surface area contributed by atoms with E-state index in [2.05, 4.69) is 17.4 Å². The number of carbonyl (C=O) groups is 1. The van der Waals surface area contributed by atoms with Crippen LogP contribution in [0.2, 0.25) is 0 Å². The molecule has 0 aromatic heterocycles. The zero-order valence-electron chi connectivity index (χ0n) is 9.47. The quantitative estimate of drug-likeness (QED) is 0.675. The van der Waals surface area contributed by atoms with Gasteiger partial charge in [0.25, 0.3) is 0 Å². The standard InChI is InChI=1S/C10H15.C2H3O.Hg/c1-7-8-4-5-9(6-8)10(7,2)3;1-2-3;/h1,8-9H,4-6H2,2-3H3;1H3;/t8-,9+;;/m0../s1. The van der Waals surface area contributed by atoms with E-state index in [0.717, 1.165) is 11.8 Å². The van der Waals surface area contributed by atoms with E-state index in [-0.39, 0.29) is 0 Å². The SMILES string of the molecule is C[C](=O)[Hg]/[CH]=C1\[C@H]2CC[C@H](C2)C1(C)C. The number of fused-ring (bicyclic) bond motifs is 2. The van der Waals surface area contributed by atoms with Crippen LogP contribution in [-0.4, -0.2) is 3.29 Å². The summed E-state index contributed by atoms with van der Waals surface area (Å²) in [5, 5.41) is 0. The first-order valence-electron chi connectivity index (χ1n) is 5.71. The Balaban J connectivity index is 2.19. The van der Waals surface area contributed by atoms with Crippen molar-refractivity contribution in [2.24, 2.45) is 17.3 Å². The van der Waals surface area contributed by atoms with E-state index >= 15 is 0 Å². The Morgan fingerprint density at radius 2 is 2.21 bits per heavy atom. The van der Waals surface area contributed by atoms with Crippen LogP contribution in [0.5, 0.6) is 0 Å². The van der Waals surface area contributed by atoms with Gasteiger partial charge in [-0.3, -0.25) is 0 Å². The molecule has 2 saturated carbocycles. The van der Waals surface area contributed by atoms with Gasteiger partial charge in [-0.1, -0.05) is 0 Å². The van der Waals surface area contributed by atoms with Crippen molar-refractivity contribution in [3.63, 3.8) is 0 Å². The summed E-state index contributed by atoms with van der Waals surface area (Å²) < 4.78 is 2.95. The molecule has 0 heterocycles. The van der Waals surface area contributed by atoms with E-state index < -0.39 is 24.6 Å². The minimum atomic E-state index is -1.30. The van der Waals surface area contributed by atoms with Gasteiger partial charge < -0.3 is 0 Å². The van der Waals surface area contributed by atoms with Crippen molar-refractivity contribution in [3.8, 4) is 0 Å². The summed E-state index contributed by atoms with van der Waals surface area (Å²) in [6.45, 7) is 6.55. The van der Waals surface area contributed by atoms with Gasteiger partial charge in [0, 0.05) is 0 Å². The maximum atomic E-state index is 11.1. The molecular formula is C12H18HgO. The monoisotopic (exact) mass is 380 g/mol. The van der Waals surface area contributed by atoms with Crippen LogP contribution in [-0.2, 0) is 29.4 Å². The number of hydrogen-bond acceptors (Lipinski definition) is 1. The van der Waals surface area contributed by atoms with E-state index in [4.69, 9.17) is 0 Å². The van der Waals surface area contributed by atoms with E-state index in [1.54, 1.807) is 12.5 Å². The van der Waals surface area contributed by atoms with Crippen LogP contribution < -0.4 is 0 Å². The van der Waals surface area contributed by atoms with Crippen LogP contribution in [0.25, 0.3) is 0 Å². The first-order chi connectivity index (χ1) is 6.51. The van der Waals surface area contributed by atoms with Gasteiger partial charge in [0.05, 0.1) is 0 Å². The van der Waals surface area contributed by atoms with Crippen molar-refractivity contribution >= 4 is 3.29 Å². The Labute approximate surface area is 98.8 Å². The molecule has 0 aromatic carbocycles. The average Bonchev–Trinajstić information content (AvgIpc) is 2.59. The van der Waals surface area contributed by atoms with Crippen LogP contribution in [0.1, 0.15) is 40.0 Å². The molecule has 2 aliphatic rings. The molecule has 14 heavy (non-hydrogen) atoms. The summed E-state index contributed by atoms with van der Waals surface area (Å²) in [4.78, 5) is 11.1. The molecule has 0 radical (unpaired) electrons. The summed E-state index contributed by atoms with van der Waals surface area (Å²) in [6.07, 6.45) is 4.22. The third-order valence-electron chi connectivity index (χ3n) is 4.25. The van der Waals surface area contributed by atoms with E-state index in [1.807, 2.05) is 0 Å². The van der Waals surface area contributed by atoms with Crippen molar-refractivity contribution in [2.75, 3.05) is 0 Å². The zero-order chi connectivity index (χ0) is 10.3. The van der Waals surface area contributed by atoms with Gasteiger partial charge >= 0.3 is 99.1 Å². The van der Waals surface area contributed by atoms with Gasteiger partial charge in [-0.25, -0.2) is 0 Å². The third kappa shape index (κ3) is 1.73. The molecule has 2 rings (SSSR count). The fourth-order valence-electron chi connectivity index (χ4n) is 3.36. The van der Waals surface area contributed by atoms with Crippen molar-refractivity contribution in [1.29, 1.82) is 0 Å². The van der Waals surface area contributed by atoms with Crippen molar-refractivity contribution in [1.82, 2.24) is 0 Å². The molecule has 1 nitrogen and oxygen atoms in total. The normalized spacial score (nSPS) is 36.1. The summed E-state index contributed by atoms with van der Waals surface area (Å²) in [5.74, 6) is 1.77. The molecule has 0 amide bonds. The van der Waals surface area contributed by atoms with E-state index in [9.17, 15) is 4.79 Å². The zero-order valence-corrected chi connectivity index (χ0v) is 15.0. The molecule has 2 bridgehead atoms. The van der Waals surface area contributed by atoms with Gasteiger partial charge in [-0.2, -0.15) is 0 Å². The Morgan fingerprint density at radius 1 is 1.50 bits per heavy atom. The van der Waals surface area contributed by atoms with Crippen LogP contribution in [0.15, 0.2) is 9.16 Å². The fraction of sp³-hybridized carbons (Fsp3) is 0.750. The van der Waals surface area contributed by atoms with E-state index in [1.165, 1.54) is 19.3 Å². The topological polar surface area (TPSA) is 17.1 Å². The molecule has 0 aromatic rings. The second-order valence-electron chi connectivity index (χ2n) is 5.49. The predicted octanol–water partition coefficient (Wildman–Crippen LogP) is 2.96. The number of carbonyl (C=O) groups excluding carboxylic acids is 1. The van der Waals surface area contributed by atoms with Gasteiger partial charge in [-0.15, -0.1) is 0 Å². The average molecular weight is 379 g/mol. The van der Waals surface area contributed by atoms with Gasteiger partial charge in [0.2, 0.25) is 0 Å². The number of allylic oxidation sites excluding steroid dienone is 1. The molecule has 2 aliphatic carbocycles. The molecule has 0 saturated heterocycles. The predicted molar refractivity (Wildman–Crippen MR) is 53.4 cm³/mol. The first kappa shape index (κ1) is 10.8. The first-order valence-corrected chi connectivity index (χ1v) is 11.6. The van der Waals surface area contributed by atoms with Gasteiger partial charge in [0.1, 0.15) is 0 Å². The Kier molecular flexibility index (Phi) is 2.89. The summed E-state index contributed by atoms with van der Waals surface area (Å²) in [5.41, 5.74) is 2.10.